The van der Waals surface area contributed by atoms with Gasteiger partial charge in [-0.25, -0.2) is 4.68 Å². The number of para-hydroxylation sites is 2. The summed E-state index contributed by atoms with van der Waals surface area (Å²) < 4.78 is 29.7. The Balaban J connectivity index is 1.41. The number of ether oxygens (including phenoxy) is 5. The SMILES string of the molecule is COc1cccc([C@@H](C(=O)NC[C@H]2CCCO2)N(Cc2ccc3c(c2)OCO3)C(=O)Cn2nnc3ccccc32)c1OC. The summed E-state index contributed by atoms with van der Waals surface area (Å²) in [5, 5.41) is 11.4. The number of carbonyl (C=O) groups excluding carboxylic acids is 2. The molecule has 2 atom stereocenters. The third-order valence-electron chi connectivity index (χ3n) is 7.63. The molecule has 1 saturated heterocycles. The van der Waals surface area contributed by atoms with Gasteiger partial charge in [0.2, 0.25) is 18.6 Å². The number of hydrogen-bond donors (Lipinski definition) is 1. The van der Waals surface area contributed by atoms with E-state index in [9.17, 15) is 9.59 Å². The number of rotatable bonds is 11. The van der Waals surface area contributed by atoms with E-state index in [0.717, 1.165) is 18.4 Å². The number of hydrogen-bond acceptors (Lipinski definition) is 9. The molecule has 12 heteroatoms. The van der Waals surface area contributed by atoms with E-state index in [2.05, 4.69) is 15.6 Å². The zero-order chi connectivity index (χ0) is 29.8. The van der Waals surface area contributed by atoms with Crippen LogP contribution < -0.4 is 24.3 Å². The Bertz CT molecular complexity index is 1620. The van der Waals surface area contributed by atoms with E-state index in [-0.39, 0.29) is 37.8 Å². The van der Waals surface area contributed by atoms with Gasteiger partial charge in [-0.05, 0) is 48.7 Å². The normalized spacial score (nSPS) is 16.2. The third kappa shape index (κ3) is 5.91. The average Bonchev–Trinajstić information content (AvgIpc) is 3.81. The first kappa shape index (κ1) is 28.3. The van der Waals surface area contributed by atoms with E-state index in [1.54, 1.807) is 24.3 Å². The molecule has 0 unspecified atom stereocenters. The molecule has 1 aromatic heterocycles. The van der Waals surface area contributed by atoms with E-state index in [1.807, 2.05) is 36.4 Å². The smallest absolute Gasteiger partial charge is 0.247 e. The van der Waals surface area contributed by atoms with Crippen molar-refractivity contribution in [3.63, 3.8) is 0 Å². The van der Waals surface area contributed by atoms with Crippen molar-refractivity contribution in [2.45, 2.75) is 38.1 Å². The number of carbonyl (C=O) groups is 2. The van der Waals surface area contributed by atoms with Gasteiger partial charge in [0.1, 0.15) is 18.1 Å². The maximum absolute atomic E-state index is 14.3. The van der Waals surface area contributed by atoms with Crippen molar-refractivity contribution in [3.05, 3.63) is 71.8 Å². The summed E-state index contributed by atoms with van der Waals surface area (Å²) in [6.45, 7) is 1.04. The fourth-order valence-corrected chi connectivity index (χ4v) is 5.51. The number of nitrogens with zero attached hydrogens (tertiary/aromatic N) is 4. The molecule has 0 saturated carbocycles. The zero-order valence-electron chi connectivity index (χ0n) is 24.0. The van der Waals surface area contributed by atoms with Gasteiger partial charge in [-0.1, -0.05) is 35.5 Å². The Labute approximate surface area is 248 Å². The highest BCUT2D eigenvalue weighted by atomic mass is 16.7. The van der Waals surface area contributed by atoms with Gasteiger partial charge in [0.15, 0.2) is 23.0 Å². The lowest BCUT2D eigenvalue weighted by Crippen LogP contribution is -2.46. The Morgan fingerprint density at radius 3 is 2.74 bits per heavy atom. The second-order valence-corrected chi connectivity index (χ2v) is 10.3. The molecule has 2 amide bonds. The average molecular weight is 588 g/mol. The molecule has 3 aromatic carbocycles. The molecule has 1 fully saturated rings. The van der Waals surface area contributed by atoms with Gasteiger partial charge in [0, 0.05) is 25.3 Å². The summed E-state index contributed by atoms with van der Waals surface area (Å²) in [5.41, 5.74) is 2.60. The monoisotopic (exact) mass is 587 g/mol. The number of benzene rings is 3. The van der Waals surface area contributed by atoms with Gasteiger partial charge in [0.05, 0.1) is 25.8 Å². The lowest BCUT2D eigenvalue weighted by atomic mass is 10.0. The van der Waals surface area contributed by atoms with Crippen molar-refractivity contribution < 1.29 is 33.3 Å². The highest BCUT2D eigenvalue weighted by molar-refractivity contribution is 5.90. The molecule has 0 bridgehead atoms. The van der Waals surface area contributed by atoms with E-state index in [1.165, 1.54) is 23.8 Å². The first-order chi connectivity index (χ1) is 21.1. The van der Waals surface area contributed by atoms with Crippen LogP contribution >= 0.6 is 0 Å². The highest BCUT2D eigenvalue weighted by Crippen LogP contribution is 2.39. The summed E-state index contributed by atoms with van der Waals surface area (Å²) in [6, 6.07) is 17.1. The van der Waals surface area contributed by atoms with E-state index in [4.69, 9.17) is 23.7 Å². The number of methoxy groups -OCH3 is 2. The number of aromatic nitrogens is 3. The van der Waals surface area contributed by atoms with E-state index >= 15 is 0 Å². The topological polar surface area (TPSA) is 126 Å². The number of fused-ring (bicyclic) bond motifs is 2. The van der Waals surface area contributed by atoms with Crippen LogP contribution in [0.4, 0.5) is 0 Å². The summed E-state index contributed by atoms with van der Waals surface area (Å²) in [4.78, 5) is 30.0. The molecular weight excluding hydrogens is 554 g/mol. The van der Waals surface area contributed by atoms with Crippen molar-refractivity contribution >= 4 is 22.8 Å². The van der Waals surface area contributed by atoms with Gasteiger partial charge in [-0.2, -0.15) is 0 Å². The second-order valence-electron chi connectivity index (χ2n) is 10.3. The standard InChI is InChI=1S/C31H33N5O7/c1-39-26-11-5-8-22(30(26)40-2)29(31(38)32-16-21-7-6-14-41-21)35(17-20-12-13-25-27(15-20)43-19-42-25)28(37)18-36-24-10-4-3-9-23(24)33-34-36/h3-5,8-13,15,21,29H,6-7,14,16-19H2,1-2H3,(H,32,38)/t21-,29+/m1/s1. The molecule has 0 aliphatic carbocycles. The summed E-state index contributed by atoms with van der Waals surface area (Å²) in [5.74, 6) is 1.27. The molecule has 1 N–H and O–H groups in total. The van der Waals surface area contributed by atoms with Gasteiger partial charge in [-0.3, -0.25) is 9.59 Å². The predicted octanol–water partition coefficient (Wildman–Crippen LogP) is 3.24. The van der Waals surface area contributed by atoms with Crippen LogP contribution in [0, 0.1) is 0 Å². The van der Waals surface area contributed by atoms with Gasteiger partial charge in [0.25, 0.3) is 0 Å². The largest absolute Gasteiger partial charge is 0.493 e. The van der Waals surface area contributed by atoms with Crippen molar-refractivity contribution in [3.8, 4) is 23.0 Å². The van der Waals surface area contributed by atoms with Gasteiger partial charge < -0.3 is 33.9 Å². The lowest BCUT2D eigenvalue weighted by molar-refractivity contribution is -0.142. The predicted molar refractivity (Wildman–Crippen MR) is 155 cm³/mol. The first-order valence-corrected chi connectivity index (χ1v) is 14.1. The Hall–Kier alpha value is -4.84. The molecule has 0 spiro atoms. The van der Waals surface area contributed by atoms with Crippen molar-refractivity contribution in [1.29, 1.82) is 0 Å². The minimum atomic E-state index is -1.08. The van der Waals surface area contributed by atoms with Crippen LogP contribution in [0.25, 0.3) is 11.0 Å². The summed E-state index contributed by atoms with van der Waals surface area (Å²) in [6.07, 6.45) is 1.71. The fraction of sp³-hybridized carbons (Fsp3) is 0.355. The molecule has 3 heterocycles. The second kappa shape index (κ2) is 12.6. The molecule has 6 rings (SSSR count). The highest BCUT2D eigenvalue weighted by Gasteiger charge is 2.36. The Kier molecular flexibility index (Phi) is 8.27. The van der Waals surface area contributed by atoms with Crippen LogP contribution in [0.15, 0.2) is 60.7 Å². The van der Waals surface area contributed by atoms with Crippen molar-refractivity contribution in [2.24, 2.45) is 0 Å². The van der Waals surface area contributed by atoms with Crippen molar-refractivity contribution in [1.82, 2.24) is 25.2 Å². The van der Waals surface area contributed by atoms with Crippen LogP contribution in [0.3, 0.4) is 0 Å². The summed E-state index contributed by atoms with van der Waals surface area (Å²) >= 11 is 0. The van der Waals surface area contributed by atoms with Crippen LogP contribution in [0.1, 0.15) is 30.0 Å². The minimum absolute atomic E-state index is 0.0838. The number of nitrogens with one attached hydrogen (secondary N) is 1. The van der Waals surface area contributed by atoms with Crippen LogP contribution in [0.2, 0.25) is 0 Å². The van der Waals surface area contributed by atoms with Crippen LogP contribution in [-0.2, 0) is 27.4 Å². The van der Waals surface area contributed by atoms with Gasteiger partial charge >= 0.3 is 0 Å². The molecule has 4 aromatic rings. The first-order valence-electron chi connectivity index (χ1n) is 14.1. The lowest BCUT2D eigenvalue weighted by Gasteiger charge is -2.33. The Morgan fingerprint density at radius 2 is 1.93 bits per heavy atom. The molecule has 43 heavy (non-hydrogen) atoms. The quantitative estimate of drug-likeness (QED) is 0.281. The molecular formula is C31H33N5O7. The molecule has 0 radical (unpaired) electrons. The Morgan fingerprint density at radius 1 is 1.07 bits per heavy atom. The maximum atomic E-state index is 14.3. The minimum Gasteiger partial charge on any atom is -0.493 e. The van der Waals surface area contributed by atoms with Crippen LogP contribution in [-0.4, -0.2) is 72.0 Å². The number of amides is 2. The van der Waals surface area contributed by atoms with E-state index in [0.29, 0.717) is 52.7 Å². The molecule has 2 aliphatic heterocycles. The molecule has 224 valence electrons. The molecule has 12 nitrogen and oxygen atoms in total. The van der Waals surface area contributed by atoms with Crippen LogP contribution in [0.5, 0.6) is 23.0 Å². The summed E-state index contributed by atoms with van der Waals surface area (Å²) in [7, 11) is 3.04. The molecule has 2 aliphatic rings. The fourth-order valence-electron chi connectivity index (χ4n) is 5.51. The zero-order valence-corrected chi connectivity index (χ0v) is 24.0. The van der Waals surface area contributed by atoms with E-state index < -0.39 is 6.04 Å². The van der Waals surface area contributed by atoms with Crippen molar-refractivity contribution in [2.75, 3.05) is 34.2 Å². The maximum Gasteiger partial charge on any atom is 0.247 e. The van der Waals surface area contributed by atoms with Gasteiger partial charge in [-0.15, -0.1) is 5.10 Å². The third-order valence-corrected chi connectivity index (χ3v) is 7.63.